The number of carbonyl (C=O) groups excluding carboxylic acids is 1. The molecule has 1 saturated heterocycles. The van der Waals surface area contributed by atoms with E-state index in [0.717, 1.165) is 6.42 Å². The molecule has 1 amide bonds. The Morgan fingerprint density at radius 1 is 1.46 bits per heavy atom. The van der Waals surface area contributed by atoms with Crippen molar-refractivity contribution >= 4 is 27.3 Å². The van der Waals surface area contributed by atoms with Gasteiger partial charge in [0.1, 0.15) is 11.8 Å². The maximum Gasteiger partial charge on any atom is 0.242 e. The highest BCUT2D eigenvalue weighted by Crippen LogP contribution is 2.27. The van der Waals surface area contributed by atoms with Crippen molar-refractivity contribution in [2.24, 2.45) is 0 Å². The van der Waals surface area contributed by atoms with Gasteiger partial charge in [-0.25, -0.2) is 8.42 Å². The second kappa shape index (κ2) is 7.85. The van der Waals surface area contributed by atoms with E-state index in [-0.39, 0.29) is 11.7 Å². The SMILES string of the molecule is CCCCS(=O)(=O)N1CCCC1C(=O)Nc1ccc(OC)c(N)c1. The predicted octanol–water partition coefficient (Wildman–Crippen LogP) is 1.81. The molecule has 1 aliphatic heterocycles. The molecule has 0 spiro atoms. The Hall–Kier alpha value is -1.80. The molecule has 1 fully saturated rings. The fourth-order valence-corrected chi connectivity index (χ4v) is 4.70. The smallest absolute Gasteiger partial charge is 0.242 e. The van der Waals surface area contributed by atoms with Crippen molar-refractivity contribution in [1.29, 1.82) is 0 Å². The summed E-state index contributed by atoms with van der Waals surface area (Å²) in [6, 6.07) is 4.28. The maximum absolute atomic E-state index is 12.5. The molecule has 0 bridgehead atoms. The van der Waals surface area contributed by atoms with Crippen LogP contribution in [0.25, 0.3) is 0 Å². The quantitative estimate of drug-likeness (QED) is 0.726. The number of ether oxygens (including phenoxy) is 1. The summed E-state index contributed by atoms with van der Waals surface area (Å²) in [4.78, 5) is 12.5. The van der Waals surface area contributed by atoms with Gasteiger partial charge >= 0.3 is 0 Å². The van der Waals surface area contributed by atoms with Crippen LogP contribution in [0.1, 0.15) is 32.6 Å². The Balaban J connectivity index is 2.09. The second-order valence-electron chi connectivity index (χ2n) is 5.88. The third kappa shape index (κ3) is 4.18. The van der Waals surface area contributed by atoms with Gasteiger partial charge in [-0.3, -0.25) is 4.79 Å². The molecule has 1 heterocycles. The molecular weight excluding hydrogens is 330 g/mol. The average molecular weight is 355 g/mol. The van der Waals surface area contributed by atoms with Crippen molar-refractivity contribution in [2.45, 2.75) is 38.6 Å². The summed E-state index contributed by atoms with van der Waals surface area (Å²) in [5, 5.41) is 2.75. The summed E-state index contributed by atoms with van der Waals surface area (Å²) in [7, 11) is -1.88. The molecule has 0 saturated carbocycles. The van der Waals surface area contributed by atoms with Crippen LogP contribution in [0.4, 0.5) is 11.4 Å². The van der Waals surface area contributed by atoms with Crippen LogP contribution in [-0.4, -0.2) is 44.1 Å². The van der Waals surface area contributed by atoms with E-state index in [9.17, 15) is 13.2 Å². The van der Waals surface area contributed by atoms with Crippen molar-refractivity contribution in [1.82, 2.24) is 4.31 Å². The molecule has 3 N–H and O–H groups in total. The molecule has 8 heteroatoms. The van der Waals surface area contributed by atoms with Crippen LogP contribution in [0.5, 0.6) is 5.75 Å². The first-order valence-electron chi connectivity index (χ1n) is 8.13. The molecule has 1 aliphatic rings. The largest absolute Gasteiger partial charge is 0.495 e. The van der Waals surface area contributed by atoms with E-state index in [4.69, 9.17) is 10.5 Å². The zero-order valence-electron chi connectivity index (χ0n) is 14.1. The first-order chi connectivity index (χ1) is 11.4. The summed E-state index contributed by atoms with van der Waals surface area (Å²) in [5.41, 5.74) is 6.77. The van der Waals surface area contributed by atoms with Crippen LogP contribution in [0.15, 0.2) is 18.2 Å². The number of methoxy groups -OCH3 is 1. The summed E-state index contributed by atoms with van der Waals surface area (Å²) in [6.45, 7) is 2.34. The minimum Gasteiger partial charge on any atom is -0.495 e. The Labute approximate surface area is 143 Å². The Bertz CT molecular complexity index is 691. The molecule has 24 heavy (non-hydrogen) atoms. The molecule has 7 nitrogen and oxygen atoms in total. The first kappa shape index (κ1) is 18.5. The van der Waals surface area contributed by atoms with E-state index in [0.29, 0.717) is 42.9 Å². The third-order valence-corrected chi connectivity index (χ3v) is 6.07. The maximum atomic E-state index is 12.5. The van der Waals surface area contributed by atoms with Crippen molar-refractivity contribution in [3.63, 3.8) is 0 Å². The third-order valence-electron chi connectivity index (χ3n) is 4.12. The standard InChI is InChI=1S/C16H25N3O4S/c1-3-4-10-24(21,22)19-9-5-6-14(19)16(20)18-12-7-8-15(23-2)13(17)11-12/h7-8,11,14H,3-6,9-10,17H2,1-2H3,(H,18,20). The number of benzene rings is 1. The average Bonchev–Trinajstić information content (AvgIpc) is 3.04. The van der Waals surface area contributed by atoms with E-state index >= 15 is 0 Å². The van der Waals surface area contributed by atoms with E-state index in [1.54, 1.807) is 18.2 Å². The fourth-order valence-electron chi connectivity index (χ4n) is 2.82. The van der Waals surface area contributed by atoms with Gasteiger partial charge in [-0.15, -0.1) is 0 Å². The van der Waals surface area contributed by atoms with Crippen LogP contribution in [0.3, 0.4) is 0 Å². The van der Waals surface area contributed by atoms with Gasteiger partial charge in [0.2, 0.25) is 15.9 Å². The van der Waals surface area contributed by atoms with E-state index in [2.05, 4.69) is 5.32 Å². The number of nitrogens with two attached hydrogens (primary N) is 1. The lowest BCUT2D eigenvalue weighted by atomic mass is 10.2. The van der Waals surface area contributed by atoms with Gasteiger partial charge in [0, 0.05) is 12.2 Å². The number of amides is 1. The number of unbranched alkanes of at least 4 members (excludes halogenated alkanes) is 1. The number of carbonyl (C=O) groups is 1. The van der Waals surface area contributed by atoms with Gasteiger partial charge in [-0.2, -0.15) is 4.31 Å². The number of anilines is 2. The molecular formula is C16H25N3O4S. The van der Waals surface area contributed by atoms with Gasteiger partial charge in [-0.05, 0) is 37.5 Å². The van der Waals surface area contributed by atoms with Crippen molar-refractivity contribution in [2.75, 3.05) is 30.5 Å². The summed E-state index contributed by atoms with van der Waals surface area (Å²) < 4.78 is 31.2. The molecule has 134 valence electrons. The highest BCUT2D eigenvalue weighted by molar-refractivity contribution is 7.89. The molecule has 1 aromatic rings. The number of hydrogen-bond donors (Lipinski definition) is 2. The Morgan fingerprint density at radius 3 is 2.83 bits per heavy atom. The lowest BCUT2D eigenvalue weighted by molar-refractivity contribution is -0.119. The summed E-state index contributed by atoms with van der Waals surface area (Å²) in [5.74, 6) is 0.290. The van der Waals surface area contributed by atoms with Gasteiger partial charge in [0.15, 0.2) is 0 Å². The Kier molecular flexibility index (Phi) is 6.06. The second-order valence-corrected chi connectivity index (χ2v) is 7.93. The minimum atomic E-state index is -3.40. The van der Waals surface area contributed by atoms with Gasteiger partial charge < -0.3 is 15.8 Å². The fraction of sp³-hybridized carbons (Fsp3) is 0.562. The zero-order valence-corrected chi connectivity index (χ0v) is 14.9. The summed E-state index contributed by atoms with van der Waals surface area (Å²) in [6.07, 6.45) is 2.62. The number of hydrogen-bond acceptors (Lipinski definition) is 5. The molecule has 1 unspecified atom stereocenters. The highest BCUT2D eigenvalue weighted by atomic mass is 32.2. The Morgan fingerprint density at radius 2 is 2.21 bits per heavy atom. The number of sulfonamides is 1. The van der Waals surface area contributed by atoms with Crippen molar-refractivity contribution in [3.8, 4) is 5.75 Å². The molecule has 1 atom stereocenters. The lowest BCUT2D eigenvalue weighted by Crippen LogP contribution is -2.44. The number of nitrogens with one attached hydrogen (secondary N) is 1. The minimum absolute atomic E-state index is 0.0861. The molecule has 0 radical (unpaired) electrons. The molecule has 0 aromatic heterocycles. The van der Waals surface area contributed by atoms with Crippen molar-refractivity contribution in [3.05, 3.63) is 18.2 Å². The van der Waals surface area contributed by atoms with Crippen LogP contribution < -0.4 is 15.8 Å². The topological polar surface area (TPSA) is 102 Å². The monoisotopic (exact) mass is 355 g/mol. The van der Waals surface area contributed by atoms with Crippen LogP contribution >= 0.6 is 0 Å². The number of nitrogens with zero attached hydrogens (tertiary/aromatic N) is 1. The highest BCUT2D eigenvalue weighted by Gasteiger charge is 2.38. The zero-order chi connectivity index (χ0) is 17.7. The first-order valence-corrected chi connectivity index (χ1v) is 9.74. The van der Waals surface area contributed by atoms with E-state index in [1.165, 1.54) is 11.4 Å². The van der Waals surface area contributed by atoms with Crippen LogP contribution in [0, 0.1) is 0 Å². The van der Waals surface area contributed by atoms with Gasteiger partial charge in [0.25, 0.3) is 0 Å². The van der Waals surface area contributed by atoms with Gasteiger partial charge in [0.05, 0.1) is 18.6 Å². The van der Waals surface area contributed by atoms with Crippen molar-refractivity contribution < 1.29 is 17.9 Å². The normalized spacial score (nSPS) is 18.5. The van der Waals surface area contributed by atoms with Crippen LogP contribution in [-0.2, 0) is 14.8 Å². The number of rotatable bonds is 7. The number of nitrogen functional groups attached to an aromatic ring is 1. The lowest BCUT2D eigenvalue weighted by Gasteiger charge is -2.23. The van der Waals surface area contributed by atoms with Gasteiger partial charge in [-0.1, -0.05) is 13.3 Å². The predicted molar refractivity (Wildman–Crippen MR) is 94.5 cm³/mol. The molecule has 0 aliphatic carbocycles. The van der Waals surface area contributed by atoms with Crippen LogP contribution in [0.2, 0.25) is 0 Å². The molecule has 1 aromatic carbocycles. The van der Waals surface area contributed by atoms with E-state index in [1.807, 2.05) is 6.92 Å². The molecule has 2 rings (SSSR count). The van der Waals surface area contributed by atoms with E-state index < -0.39 is 16.1 Å². The summed E-state index contributed by atoms with van der Waals surface area (Å²) >= 11 is 0.